The molecule has 1 atom stereocenters. The molecule has 1 aliphatic rings. The summed E-state index contributed by atoms with van der Waals surface area (Å²) in [5.41, 5.74) is 1.86. The molecule has 1 amide bonds. The molecule has 3 rings (SSSR count). The zero-order valence-electron chi connectivity index (χ0n) is 10.4. The summed E-state index contributed by atoms with van der Waals surface area (Å²) in [5.74, 6) is 0.278. The van der Waals surface area contributed by atoms with Crippen LogP contribution in [0.5, 0.6) is 5.75 Å². The number of phenols is 1. The van der Waals surface area contributed by atoms with Gasteiger partial charge in [0.15, 0.2) is 0 Å². The van der Waals surface area contributed by atoms with Crippen LogP contribution in [0.3, 0.4) is 0 Å². The Morgan fingerprint density at radius 1 is 1.11 bits per heavy atom. The summed E-state index contributed by atoms with van der Waals surface area (Å²) in [6, 6.07) is 14.7. The van der Waals surface area contributed by atoms with Gasteiger partial charge in [-0.2, -0.15) is 0 Å². The van der Waals surface area contributed by atoms with Gasteiger partial charge in [0.25, 0.3) is 0 Å². The van der Waals surface area contributed by atoms with Gasteiger partial charge in [0.05, 0.1) is 5.69 Å². The van der Waals surface area contributed by atoms with Crippen molar-refractivity contribution in [3.63, 3.8) is 0 Å². The number of hydrogen-bond donors (Lipinski definition) is 1. The van der Waals surface area contributed by atoms with Gasteiger partial charge in [0.1, 0.15) is 11.0 Å². The van der Waals surface area contributed by atoms with E-state index in [-0.39, 0.29) is 16.9 Å². The number of thioether (sulfide) groups is 1. The largest absolute Gasteiger partial charge is 0.508 e. The monoisotopic (exact) mass is 271 g/mol. The summed E-state index contributed by atoms with van der Waals surface area (Å²) < 4.78 is 0. The molecule has 1 aliphatic heterocycles. The third-order valence-electron chi connectivity index (χ3n) is 3.22. The van der Waals surface area contributed by atoms with E-state index in [1.54, 1.807) is 48.0 Å². The quantitative estimate of drug-likeness (QED) is 0.866. The van der Waals surface area contributed by atoms with Crippen molar-refractivity contribution < 1.29 is 9.90 Å². The van der Waals surface area contributed by atoms with E-state index in [1.807, 2.05) is 24.3 Å². The fourth-order valence-corrected chi connectivity index (χ4v) is 3.45. The average molecular weight is 271 g/mol. The molecule has 4 heteroatoms. The van der Waals surface area contributed by atoms with Crippen molar-refractivity contribution in [2.45, 2.75) is 10.1 Å². The predicted octanol–water partition coefficient (Wildman–Crippen LogP) is 3.20. The van der Waals surface area contributed by atoms with Crippen LogP contribution in [0, 0.1) is 0 Å². The van der Waals surface area contributed by atoms with Crippen LogP contribution in [0.2, 0.25) is 0 Å². The molecule has 0 bridgehead atoms. The van der Waals surface area contributed by atoms with Crippen LogP contribution >= 0.6 is 11.8 Å². The molecule has 2 aromatic rings. The summed E-state index contributed by atoms with van der Waals surface area (Å²) in [5, 5.41) is 9.08. The van der Waals surface area contributed by atoms with E-state index in [0.717, 1.165) is 16.1 Å². The number of fused-ring (bicyclic) bond motifs is 1. The molecule has 19 heavy (non-hydrogen) atoms. The van der Waals surface area contributed by atoms with Gasteiger partial charge >= 0.3 is 0 Å². The van der Waals surface area contributed by atoms with Gasteiger partial charge in [0, 0.05) is 11.9 Å². The van der Waals surface area contributed by atoms with Gasteiger partial charge in [-0.3, -0.25) is 4.79 Å². The van der Waals surface area contributed by atoms with E-state index >= 15 is 0 Å². The van der Waals surface area contributed by atoms with Gasteiger partial charge in [-0.15, -0.1) is 11.8 Å². The zero-order chi connectivity index (χ0) is 13.4. The van der Waals surface area contributed by atoms with E-state index in [0.29, 0.717) is 0 Å². The highest BCUT2D eigenvalue weighted by molar-refractivity contribution is 8.00. The highest BCUT2D eigenvalue weighted by Crippen LogP contribution is 2.45. The lowest BCUT2D eigenvalue weighted by Crippen LogP contribution is -2.33. The number of phenolic OH excluding ortho intramolecular Hbond substituents is 1. The molecule has 1 N–H and O–H groups in total. The number of anilines is 1. The van der Waals surface area contributed by atoms with Gasteiger partial charge in [-0.05, 0) is 29.8 Å². The fourth-order valence-electron chi connectivity index (χ4n) is 2.17. The van der Waals surface area contributed by atoms with E-state index in [2.05, 4.69) is 0 Å². The normalized spacial score (nSPS) is 18.3. The molecular formula is C15H13NO2S. The van der Waals surface area contributed by atoms with E-state index < -0.39 is 0 Å². The topological polar surface area (TPSA) is 40.5 Å². The molecule has 0 saturated heterocycles. The lowest BCUT2D eigenvalue weighted by Gasteiger charge is -2.31. The summed E-state index contributed by atoms with van der Waals surface area (Å²) in [7, 11) is 1.80. The first kappa shape index (κ1) is 12.1. The Bertz CT molecular complexity index is 624. The van der Waals surface area contributed by atoms with Crippen molar-refractivity contribution in [2.75, 3.05) is 11.9 Å². The molecule has 0 aliphatic carbocycles. The SMILES string of the molecule is CN1C(=O)C(c2ccc(O)cc2)Sc2ccccc21. The predicted molar refractivity (Wildman–Crippen MR) is 76.6 cm³/mol. The first-order valence-corrected chi connectivity index (χ1v) is 6.87. The minimum Gasteiger partial charge on any atom is -0.508 e. The van der Waals surface area contributed by atoms with Crippen LogP contribution in [-0.4, -0.2) is 18.1 Å². The average Bonchev–Trinajstić information content (AvgIpc) is 2.44. The number of amides is 1. The Kier molecular flexibility index (Phi) is 2.95. The number of nitrogens with zero attached hydrogens (tertiary/aromatic N) is 1. The second-order valence-corrected chi connectivity index (χ2v) is 5.60. The number of carbonyl (C=O) groups excluding carboxylic acids is 1. The highest BCUT2D eigenvalue weighted by atomic mass is 32.2. The first-order valence-electron chi connectivity index (χ1n) is 5.99. The van der Waals surface area contributed by atoms with Crippen LogP contribution in [0.15, 0.2) is 53.4 Å². The van der Waals surface area contributed by atoms with Crippen molar-refractivity contribution >= 4 is 23.4 Å². The maximum absolute atomic E-state index is 12.4. The van der Waals surface area contributed by atoms with E-state index in [4.69, 9.17) is 0 Å². The van der Waals surface area contributed by atoms with Crippen LogP contribution in [-0.2, 0) is 4.79 Å². The lowest BCUT2D eigenvalue weighted by atomic mass is 10.1. The van der Waals surface area contributed by atoms with Crippen LogP contribution in [0.4, 0.5) is 5.69 Å². The Morgan fingerprint density at radius 2 is 1.79 bits per heavy atom. The number of rotatable bonds is 1. The molecule has 0 spiro atoms. The van der Waals surface area contributed by atoms with Gasteiger partial charge in [0.2, 0.25) is 5.91 Å². The second kappa shape index (κ2) is 4.63. The van der Waals surface area contributed by atoms with Crippen LogP contribution in [0.25, 0.3) is 0 Å². The number of aromatic hydroxyl groups is 1. The lowest BCUT2D eigenvalue weighted by molar-refractivity contribution is -0.118. The Morgan fingerprint density at radius 3 is 2.53 bits per heavy atom. The number of hydrogen-bond acceptors (Lipinski definition) is 3. The smallest absolute Gasteiger partial charge is 0.244 e. The molecule has 1 heterocycles. The molecule has 96 valence electrons. The Balaban J connectivity index is 2.01. The zero-order valence-corrected chi connectivity index (χ0v) is 11.2. The molecule has 1 unspecified atom stereocenters. The minimum absolute atomic E-state index is 0.0642. The van der Waals surface area contributed by atoms with Gasteiger partial charge < -0.3 is 10.0 Å². The Hall–Kier alpha value is -1.94. The van der Waals surface area contributed by atoms with Crippen molar-refractivity contribution in [1.29, 1.82) is 0 Å². The molecule has 0 radical (unpaired) electrons. The van der Waals surface area contributed by atoms with Crippen molar-refractivity contribution in [1.82, 2.24) is 0 Å². The first-order chi connectivity index (χ1) is 9.16. The standard InChI is InChI=1S/C15H13NO2S/c1-16-12-4-2-3-5-13(12)19-14(15(16)18)10-6-8-11(17)9-7-10/h2-9,14,17H,1H3. The summed E-state index contributed by atoms with van der Waals surface area (Å²) >= 11 is 1.55. The number of para-hydroxylation sites is 1. The van der Waals surface area contributed by atoms with Crippen molar-refractivity contribution in [2.24, 2.45) is 0 Å². The molecule has 2 aromatic carbocycles. The van der Waals surface area contributed by atoms with Crippen LogP contribution in [0.1, 0.15) is 10.8 Å². The summed E-state index contributed by atoms with van der Waals surface area (Å²) in [6.45, 7) is 0. The highest BCUT2D eigenvalue weighted by Gasteiger charge is 2.32. The molecule has 0 fully saturated rings. The molecule has 3 nitrogen and oxygen atoms in total. The van der Waals surface area contributed by atoms with Crippen LogP contribution < -0.4 is 4.90 Å². The number of benzene rings is 2. The van der Waals surface area contributed by atoms with Gasteiger partial charge in [-0.25, -0.2) is 0 Å². The third kappa shape index (κ3) is 2.08. The summed E-state index contributed by atoms with van der Waals surface area (Å²) in [4.78, 5) is 15.2. The Labute approximate surface area is 115 Å². The van der Waals surface area contributed by atoms with Gasteiger partial charge in [-0.1, -0.05) is 24.3 Å². The fraction of sp³-hybridized carbons (Fsp3) is 0.133. The second-order valence-electron chi connectivity index (χ2n) is 4.45. The summed E-state index contributed by atoms with van der Waals surface area (Å²) in [6.07, 6.45) is 0. The molecular weight excluding hydrogens is 258 g/mol. The third-order valence-corrected chi connectivity index (χ3v) is 4.53. The molecule has 0 aromatic heterocycles. The number of likely N-dealkylation sites (N-methyl/N-ethyl adjacent to an activating group) is 1. The molecule has 0 saturated carbocycles. The van der Waals surface area contributed by atoms with E-state index in [9.17, 15) is 9.90 Å². The minimum atomic E-state index is -0.250. The van der Waals surface area contributed by atoms with Crippen molar-refractivity contribution in [3.05, 3.63) is 54.1 Å². The maximum Gasteiger partial charge on any atom is 0.244 e. The van der Waals surface area contributed by atoms with E-state index in [1.165, 1.54) is 0 Å². The van der Waals surface area contributed by atoms with Crippen molar-refractivity contribution in [3.8, 4) is 5.75 Å². The number of carbonyl (C=O) groups is 1. The maximum atomic E-state index is 12.4.